The number of hydrogen-bond acceptors (Lipinski definition) is 4. The average Bonchev–Trinajstić information content (AvgIpc) is 3.35. The predicted octanol–water partition coefficient (Wildman–Crippen LogP) is 4.25. The van der Waals surface area contributed by atoms with E-state index in [-0.39, 0.29) is 5.91 Å². The summed E-state index contributed by atoms with van der Waals surface area (Å²) < 4.78 is 0. The van der Waals surface area contributed by atoms with Crippen LogP contribution in [0.25, 0.3) is 0 Å². The van der Waals surface area contributed by atoms with Crippen LogP contribution in [0.5, 0.6) is 0 Å². The van der Waals surface area contributed by atoms with E-state index in [1.54, 1.807) is 22.7 Å². The predicted molar refractivity (Wildman–Crippen MR) is 97.4 cm³/mol. The molecule has 1 aliphatic rings. The Labute approximate surface area is 149 Å². The average molecular weight is 358 g/mol. The van der Waals surface area contributed by atoms with Gasteiger partial charge in [0.05, 0.1) is 13.1 Å². The van der Waals surface area contributed by atoms with E-state index in [0.717, 1.165) is 30.5 Å². The number of amides is 1. The van der Waals surface area contributed by atoms with Crippen LogP contribution in [0.15, 0.2) is 35.0 Å². The first kappa shape index (κ1) is 15.6. The first-order valence-electron chi connectivity index (χ1n) is 8.21. The third-order valence-electron chi connectivity index (χ3n) is 4.40. The van der Waals surface area contributed by atoms with Gasteiger partial charge in [-0.3, -0.25) is 9.89 Å². The van der Waals surface area contributed by atoms with Gasteiger partial charge < -0.3 is 4.90 Å². The summed E-state index contributed by atoms with van der Waals surface area (Å²) in [5.74, 6) is 0.0381. The van der Waals surface area contributed by atoms with Crippen LogP contribution in [0.4, 0.5) is 0 Å². The molecule has 0 aliphatic heterocycles. The molecule has 0 aromatic carbocycles. The number of H-pyrrole nitrogens is 1. The number of hydrogen-bond donors (Lipinski definition) is 1. The van der Waals surface area contributed by atoms with E-state index < -0.39 is 0 Å². The molecule has 1 aliphatic carbocycles. The molecule has 0 saturated heterocycles. The van der Waals surface area contributed by atoms with Crippen LogP contribution in [-0.2, 0) is 25.9 Å². The van der Waals surface area contributed by atoms with Crippen LogP contribution in [0.1, 0.15) is 44.3 Å². The summed E-state index contributed by atoms with van der Waals surface area (Å²) in [6.45, 7) is 1.27. The number of nitrogens with zero attached hydrogens (tertiary/aromatic N) is 2. The SMILES string of the molecule is O=C(c1n[nH]c2c1CCCC2)N(Cc1cccs1)Cc1cccs1. The summed E-state index contributed by atoms with van der Waals surface area (Å²) >= 11 is 3.38. The van der Waals surface area contributed by atoms with Gasteiger partial charge in [0.2, 0.25) is 0 Å². The molecule has 3 heterocycles. The maximum Gasteiger partial charge on any atom is 0.275 e. The van der Waals surface area contributed by atoms with E-state index in [0.29, 0.717) is 18.8 Å². The molecule has 124 valence electrons. The van der Waals surface area contributed by atoms with E-state index in [1.165, 1.54) is 16.2 Å². The van der Waals surface area contributed by atoms with Crippen molar-refractivity contribution in [3.05, 3.63) is 61.7 Å². The molecule has 0 saturated carbocycles. The summed E-state index contributed by atoms with van der Waals surface area (Å²) in [6, 6.07) is 8.23. The number of aryl methyl sites for hydroxylation is 1. The monoisotopic (exact) mass is 357 g/mol. The summed E-state index contributed by atoms with van der Waals surface area (Å²) in [7, 11) is 0. The highest BCUT2D eigenvalue weighted by Gasteiger charge is 2.26. The molecule has 0 fully saturated rings. The van der Waals surface area contributed by atoms with Crippen LogP contribution in [-0.4, -0.2) is 21.0 Å². The second kappa shape index (κ2) is 6.91. The Hall–Kier alpha value is -1.92. The second-order valence-corrected chi connectivity index (χ2v) is 8.12. The van der Waals surface area contributed by atoms with Crippen LogP contribution < -0.4 is 0 Å². The second-order valence-electron chi connectivity index (χ2n) is 6.06. The number of rotatable bonds is 5. The first-order valence-corrected chi connectivity index (χ1v) is 9.97. The van der Waals surface area contributed by atoms with E-state index in [4.69, 9.17) is 0 Å². The van der Waals surface area contributed by atoms with Crippen LogP contribution in [0, 0.1) is 0 Å². The largest absolute Gasteiger partial charge is 0.327 e. The zero-order chi connectivity index (χ0) is 16.4. The van der Waals surface area contributed by atoms with E-state index in [2.05, 4.69) is 33.1 Å². The number of fused-ring (bicyclic) bond motifs is 1. The molecule has 0 radical (unpaired) electrons. The summed E-state index contributed by atoms with van der Waals surface area (Å²) in [5, 5.41) is 11.6. The molecule has 3 aromatic rings. The Kier molecular flexibility index (Phi) is 4.49. The molecule has 3 aromatic heterocycles. The van der Waals surface area contributed by atoms with Crippen LogP contribution >= 0.6 is 22.7 Å². The highest BCUT2D eigenvalue weighted by molar-refractivity contribution is 7.10. The number of aromatic amines is 1. The highest BCUT2D eigenvalue weighted by atomic mass is 32.1. The molecular weight excluding hydrogens is 338 g/mol. The molecule has 0 spiro atoms. The molecule has 4 nitrogen and oxygen atoms in total. The highest BCUT2D eigenvalue weighted by Crippen LogP contribution is 2.25. The van der Waals surface area contributed by atoms with E-state index in [9.17, 15) is 4.79 Å². The Morgan fingerprint density at radius 2 is 1.75 bits per heavy atom. The molecule has 6 heteroatoms. The molecular formula is C18H19N3OS2. The summed E-state index contributed by atoms with van der Waals surface area (Å²) in [6.07, 6.45) is 4.28. The van der Waals surface area contributed by atoms with Crippen molar-refractivity contribution in [2.75, 3.05) is 0 Å². The third-order valence-corrected chi connectivity index (χ3v) is 6.12. The number of nitrogens with one attached hydrogen (secondary N) is 1. The van der Waals surface area contributed by atoms with Crippen molar-refractivity contribution >= 4 is 28.6 Å². The number of aromatic nitrogens is 2. The zero-order valence-electron chi connectivity index (χ0n) is 13.3. The van der Waals surface area contributed by atoms with Crippen LogP contribution in [0.3, 0.4) is 0 Å². The number of thiophene rings is 2. The Balaban J connectivity index is 1.61. The fourth-order valence-corrected chi connectivity index (χ4v) is 4.63. The van der Waals surface area contributed by atoms with E-state index >= 15 is 0 Å². The maximum absolute atomic E-state index is 13.2. The van der Waals surface area contributed by atoms with Gasteiger partial charge >= 0.3 is 0 Å². The molecule has 0 bridgehead atoms. The van der Waals surface area contributed by atoms with Crippen molar-refractivity contribution in [2.24, 2.45) is 0 Å². The Morgan fingerprint density at radius 1 is 1.08 bits per heavy atom. The van der Waals surface area contributed by atoms with Gasteiger partial charge in [-0.15, -0.1) is 22.7 Å². The van der Waals surface area contributed by atoms with Crippen molar-refractivity contribution in [3.8, 4) is 0 Å². The molecule has 0 atom stereocenters. The van der Waals surface area contributed by atoms with Gasteiger partial charge in [-0.2, -0.15) is 5.10 Å². The van der Waals surface area contributed by atoms with Gasteiger partial charge in [-0.05, 0) is 48.6 Å². The quantitative estimate of drug-likeness (QED) is 0.742. The van der Waals surface area contributed by atoms with Crippen LogP contribution in [0.2, 0.25) is 0 Å². The van der Waals surface area contributed by atoms with Gasteiger partial charge in [0.25, 0.3) is 5.91 Å². The van der Waals surface area contributed by atoms with Gasteiger partial charge in [0.15, 0.2) is 5.69 Å². The first-order chi connectivity index (χ1) is 11.8. The number of carbonyl (C=O) groups excluding carboxylic acids is 1. The lowest BCUT2D eigenvalue weighted by Gasteiger charge is -2.21. The lowest BCUT2D eigenvalue weighted by molar-refractivity contribution is 0.0726. The molecule has 0 unspecified atom stereocenters. The maximum atomic E-state index is 13.2. The standard InChI is InChI=1S/C18H19N3OS2/c22-18(17-15-7-1-2-8-16(15)19-20-17)21(11-13-5-3-9-23-13)12-14-6-4-10-24-14/h3-6,9-10H,1-2,7-8,11-12H2,(H,19,20). The molecule has 4 rings (SSSR count). The van der Waals surface area contributed by atoms with Crippen molar-refractivity contribution in [1.29, 1.82) is 0 Å². The molecule has 1 amide bonds. The molecule has 1 N–H and O–H groups in total. The number of carbonyl (C=O) groups is 1. The summed E-state index contributed by atoms with van der Waals surface area (Å²) in [4.78, 5) is 17.5. The van der Waals surface area contributed by atoms with Crippen molar-refractivity contribution in [3.63, 3.8) is 0 Å². The third kappa shape index (κ3) is 3.16. The minimum absolute atomic E-state index is 0.0381. The van der Waals surface area contributed by atoms with Gasteiger partial charge in [0, 0.05) is 21.0 Å². The topological polar surface area (TPSA) is 49.0 Å². The van der Waals surface area contributed by atoms with Crippen molar-refractivity contribution < 1.29 is 4.79 Å². The summed E-state index contributed by atoms with van der Waals surface area (Å²) in [5.41, 5.74) is 2.91. The normalized spacial score (nSPS) is 13.7. The van der Waals surface area contributed by atoms with Gasteiger partial charge in [0.1, 0.15) is 0 Å². The zero-order valence-corrected chi connectivity index (χ0v) is 15.0. The smallest absolute Gasteiger partial charge is 0.275 e. The lowest BCUT2D eigenvalue weighted by Crippen LogP contribution is -2.30. The van der Waals surface area contributed by atoms with E-state index in [1.807, 2.05) is 17.0 Å². The van der Waals surface area contributed by atoms with Gasteiger partial charge in [-0.1, -0.05) is 12.1 Å². The Morgan fingerprint density at radius 3 is 2.38 bits per heavy atom. The lowest BCUT2D eigenvalue weighted by atomic mass is 9.95. The molecule has 24 heavy (non-hydrogen) atoms. The van der Waals surface area contributed by atoms with Crippen molar-refractivity contribution in [1.82, 2.24) is 15.1 Å². The minimum Gasteiger partial charge on any atom is -0.327 e. The fraction of sp³-hybridized carbons (Fsp3) is 0.333. The minimum atomic E-state index is 0.0381. The van der Waals surface area contributed by atoms with Gasteiger partial charge in [-0.25, -0.2) is 0 Å². The fourth-order valence-electron chi connectivity index (χ4n) is 3.19. The Bertz CT molecular complexity index is 769. The van der Waals surface area contributed by atoms with Crippen molar-refractivity contribution in [2.45, 2.75) is 38.8 Å².